The van der Waals surface area contributed by atoms with Gasteiger partial charge in [0.1, 0.15) is 11.4 Å². The fraction of sp³-hybridized carbons (Fsp3) is 0.0909. The number of hydrogen-bond donors (Lipinski definition) is 1. The predicted octanol–water partition coefficient (Wildman–Crippen LogP) is 3.19. The quantitative estimate of drug-likeness (QED) is 0.933. The number of halogens is 3. The Kier molecular flexibility index (Phi) is 3.29. The van der Waals surface area contributed by atoms with E-state index in [-0.39, 0.29) is 16.5 Å². The fourth-order valence-corrected chi connectivity index (χ4v) is 1.70. The van der Waals surface area contributed by atoms with Gasteiger partial charge in [-0.1, -0.05) is 11.6 Å². The van der Waals surface area contributed by atoms with Crippen LogP contribution in [0.5, 0.6) is 5.75 Å². The Labute approximate surface area is 105 Å². The first-order valence-electron chi connectivity index (χ1n) is 4.76. The average molecular weight is 274 g/mol. The predicted molar refractivity (Wildman–Crippen MR) is 60.3 cm³/mol. The molecule has 2 rings (SSSR count). The lowest BCUT2D eigenvalue weighted by molar-refractivity contribution is -0.0497. The average Bonchev–Trinajstić information content (AvgIpc) is 2.28. The summed E-state index contributed by atoms with van der Waals surface area (Å²) in [7, 11) is 0. The van der Waals surface area contributed by atoms with E-state index >= 15 is 0 Å². The van der Waals surface area contributed by atoms with Crippen molar-refractivity contribution >= 4 is 28.5 Å². The number of ether oxygens (including phenoxy) is 1. The van der Waals surface area contributed by atoms with Crippen molar-refractivity contribution in [3.05, 3.63) is 35.0 Å². The molecular formula is C11H6ClF2NO3. The number of nitrogens with zero attached hydrogens (tertiary/aromatic N) is 1. The number of rotatable bonds is 3. The highest BCUT2D eigenvalue weighted by molar-refractivity contribution is 6.35. The number of hydrogen-bond acceptors (Lipinski definition) is 3. The third kappa shape index (κ3) is 2.48. The molecule has 0 aliphatic rings. The van der Waals surface area contributed by atoms with Crippen LogP contribution < -0.4 is 4.74 Å². The molecule has 0 spiro atoms. The molecule has 0 bridgehead atoms. The molecule has 0 unspecified atom stereocenters. The lowest BCUT2D eigenvalue weighted by atomic mass is 10.2. The van der Waals surface area contributed by atoms with E-state index in [0.29, 0.717) is 10.9 Å². The molecule has 94 valence electrons. The third-order valence-electron chi connectivity index (χ3n) is 2.17. The van der Waals surface area contributed by atoms with Gasteiger partial charge in [0.2, 0.25) is 0 Å². The Morgan fingerprint density at radius 1 is 1.39 bits per heavy atom. The molecule has 18 heavy (non-hydrogen) atoms. The van der Waals surface area contributed by atoms with E-state index in [1.807, 2.05) is 0 Å². The van der Waals surface area contributed by atoms with Crippen molar-refractivity contribution in [1.29, 1.82) is 0 Å². The number of carbonyl (C=O) groups is 1. The first-order valence-corrected chi connectivity index (χ1v) is 5.13. The van der Waals surface area contributed by atoms with Gasteiger partial charge in [-0.05, 0) is 24.3 Å². The van der Waals surface area contributed by atoms with E-state index < -0.39 is 12.6 Å². The summed E-state index contributed by atoms with van der Waals surface area (Å²) in [6, 6.07) is 5.07. The Hall–Kier alpha value is -1.95. The maximum atomic E-state index is 12.0. The Balaban J connectivity index is 2.54. The highest BCUT2D eigenvalue weighted by Gasteiger charge is 2.11. The highest BCUT2D eigenvalue weighted by atomic mass is 35.5. The molecule has 4 nitrogen and oxygen atoms in total. The summed E-state index contributed by atoms with van der Waals surface area (Å²) < 4.78 is 28.3. The topological polar surface area (TPSA) is 59.4 Å². The smallest absolute Gasteiger partial charge is 0.387 e. The second-order valence-electron chi connectivity index (χ2n) is 3.35. The van der Waals surface area contributed by atoms with Crippen LogP contribution in [-0.2, 0) is 0 Å². The summed E-state index contributed by atoms with van der Waals surface area (Å²) in [5.74, 6) is -1.28. The largest absolute Gasteiger partial charge is 0.477 e. The van der Waals surface area contributed by atoms with E-state index in [2.05, 4.69) is 9.72 Å². The summed E-state index contributed by atoms with van der Waals surface area (Å²) in [5.41, 5.74) is 0.0801. The maximum absolute atomic E-state index is 12.0. The summed E-state index contributed by atoms with van der Waals surface area (Å²) >= 11 is 5.87. The number of fused-ring (bicyclic) bond motifs is 1. The second-order valence-corrected chi connectivity index (χ2v) is 3.76. The van der Waals surface area contributed by atoms with Crippen LogP contribution in [0.3, 0.4) is 0 Å². The third-order valence-corrected chi connectivity index (χ3v) is 2.49. The van der Waals surface area contributed by atoms with Crippen LogP contribution in [0, 0.1) is 0 Å². The number of carboxylic acids is 1. The Morgan fingerprint density at radius 3 is 2.72 bits per heavy atom. The molecule has 2 aromatic rings. The summed E-state index contributed by atoms with van der Waals surface area (Å²) in [6.45, 7) is -2.94. The molecule has 1 N–H and O–H groups in total. The zero-order valence-electron chi connectivity index (χ0n) is 8.73. The second kappa shape index (κ2) is 4.73. The van der Waals surface area contributed by atoms with Crippen LogP contribution in [0.25, 0.3) is 10.9 Å². The minimum Gasteiger partial charge on any atom is -0.477 e. The Morgan fingerprint density at radius 2 is 2.11 bits per heavy atom. The summed E-state index contributed by atoms with van der Waals surface area (Å²) in [4.78, 5) is 14.6. The van der Waals surface area contributed by atoms with Crippen LogP contribution >= 0.6 is 11.6 Å². The first kappa shape index (κ1) is 12.5. The van der Waals surface area contributed by atoms with Gasteiger partial charge >= 0.3 is 12.6 Å². The maximum Gasteiger partial charge on any atom is 0.387 e. The molecule has 0 radical (unpaired) electrons. The molecule has 1 aromatic carbocycles. The van der Waals surface area contributed by atoms with Crippen molar-refractivity contribution in [1.82, 2.24) is 4.98 Å². The molecule has 0 saturated carbocycles. The molecule has 1 heterocycles. The zero-order valence-corrected chi connectivity index (χ0v) is 9.49. The molecule has 0 fully saturated rings. The minimum atomic E-state index is -2.94. The van der Waals surface area contributed by atoms with Gasteiger partial charge in [-0.3, -0.25) is 0 Å². The number of alkyl halides is 2. The molecule has 0 aliphatic carbocycles. The van der Waals surface area contributed by atoms with E-state index in [0.717, 1.165) is 6.07 Å². The van der Waals surface area contributed by atoms with Crippen molar-refractivity contribution in [2.75, 3.05) is 0 Å². The van der Waals surface area contributed by atoms with Gasteiger partial charge in [0.15, 0.2) is 0 Å². The van der Waals surface area contributed by atoms with E-state index in [1.54, 1.807) is 0 Å². The molecule has 7 heteroatoms. The SMILES string of the molecule is O=C(O)c1cc(Cl)c2cc(OC(F)F)ccc2n1. The van der Waals surface area contributed by atoms with Gasteiger partial charge in [-0.15, -0.1) is 0 Å². The van der Waals surface area contributed by atoms with E-state index in [4.69, 9.17) is 16.7 Å². The van der Waals surface area contributed by atoms with Gasteiger partial charge < -0.3 is 9.84 Å². The van der Waals surface area contributed by atoms with Crippen molar-refractivity contribution in [3.8, 4) is 5.75 Å². The monoisotopic (exact) mass is 273 g/mol. The van der Waals surface area contributed by atoms with Gasteiger partial charge in [-0.2, -0.15) is 8.78 Å². The van der Waals surface area contributed by atoms with Gasteiger partial charge in [0, 0.05) is 5.39 Å². The van der Waals surface area contributed by atoms with Crippen molar-refractivity contribution < 1.29 is 23.4 Å². The standard InChI is InChI=1S/C11H6ClF2NO3/c12-7-4-9(10(16)17)15-8-2-1-5(3-6(7)8)18-11(13)14/h1-4,11H,(H,16,17). The lowest BCUT2D eigenvalue weighted by Gasteiger charge is -2.07. The number of benzene rings is 1. The van der Waals surface area contributed by atoms with Crippen LogP contribution in [0.15, 0.2) is 24.3 Å². The number of carboxylic acid groups (broad SMARTS) is 1. The molecule has 1 aromatic heterocycles. The number of aromatic nitrogens is 1. The van der Waals surface area contributed by atoms with Crippen molar-refractivity contribution in [3.63, 3.8) is 0 Å². The normalized spacial score (nSPS) is 10.9. The number of pyridine rings is 1. The molecule has 0 atom stereocenters. The molecule has 0 saturated heterocycles. The van der Waals surface area contributed by atoms with Crippen LogP contribution in [0.1, 0.15) is 10.5 Å². The zero-order chi connectivity index (χ0) is 13.3. The summed E-state index contributed by atoms with van der Waals surface area (Å²) in [6.07, 6.45) is 0. The van der Waals surface area contributed by atoms with Gasteiger partial charge in [-0.25, -0.2) is 9.78 Å². The fourth-order valence-electron chi connectivity index (χ4n) is 1.45. The minimum absolute atomic E-state index is 0.0655. The molecular weight excluding hydrogens is 268 g/mol. The molecule has 0 amide bonds. The first-order chi connectivity index (χ1) is 8.47. The summed E-state index contributed by atoms with van der Waals surface area (Å²) in [5, 5.41) is 9.25. The van der Waals surface area contributed by atoms with Crippen LogP contribution in [-0.4, -0.2) is 22.7 Å². The van der Waals surface area contributed by atoms with Crippen molar-refractivity contribution in [2.45, 2.75) is 6.61 Å². The number of aromatic carboxylic acids is 1. The van der Waals surface area contributed by atoms with E-state index in [1.165, 1.54) is 18.2 Å². The van der Waals surface area contributed by atoms with Gasteiger partial charge in [0.05, 0.1) is 10.5 Å². The van der Waals surface area contributed by atoms with Gasteiger partial charge in [0.25, 0.3) is 0 Å². The Bertz CT molecular complexity index is 619. The van der Waals surface area contributed by atoms with Crippen molar-refractivity contribution in [2.24, 2.45) is 0 Å². The van der Waals surface area contributed by atoms with Crippen LogP contribution in [0.4, 0.5) is 8.78 Å². The highest BCUT2D eigenvalue weighted by Crippen LogP contribution is 2.27. The van der Waals surface area contributed by atoms with Crippen LogP contribution in [0.2, 0.25) is 5.02 Å². The van der Waals surface area contributed by atoms with E-state index in [9.17, 15) is 13.6 Å². The molecule has 0 aliphatic heterocycles. The lowest BCUT2D eigenvalue weighted by Crippen LogP contribution is -2.03.